The fourth-order valence-electron chi connectivity index (χ4n) is 5.17. The van der Waals surface area contributed by atoms with Crippen molar-refractivity contribution in [3.63, 3.8) is 0 Å². The van der Waals surface area contributed by atoms with Crippen LogP contribution in [0.4, 0.5) is 4.39 Å². The molecule has 2 N–H and O–H groups in total. The van der Waals surface area contributed by atoms with Crippen LogP contribution in [0.3, 0.4) is 0 Å². The van der Waals surface area contributed by atoms with E-state index in [9.17, 15) is 14.0 Å². The number of likely N-dealkylation sites (tertiary alicyclic amines) is 2. The monoisotopic (exact) mass is 481 g/mol. The summed E-state index contributed by atoms with van der Waals surface area (Å²) in [6, 6.07) is 14.7. The van der Waals surface area contributed by atoms with Crippen molar-refractivity contribution in [1.29, 1.82) is 0 Å². The number of carbonyl (C=O) groups excluding carboxylic acids is 2. The summed E-state index contributed by atoms with van der Waals surface area (Å²) in [5, 5.41) is 0. The van der Waals surface area contributed by atoms with Crippen molar-refractivity contribution in [3.8, 4) is 16.9 Å². The molecular formula is C28H36FN3O3. The van der Waals surface area contributed by atoms with Gasteiger partial charge in [0.1, 0.15) is 17.5 Å². The molecule has 1 atom stereocenters. The molecule has 7 heteroatoms. The van der Waals surface area contributed by atoms with Crippen LogP contribution in [0.25, 0.3) is 11.1 Å². The zero-order valence-electron chi connectivity index (χ0n) is 20.7. The van der Waals surface area contributed by atoms with Crippen molar-refractivity contribution < 1.29 is 18.7 Å². The first-order chi connectivity index (χ1) is 16.7. The maximum Gasteiger partial charge on any atom is 0.255 e. The van der Waals surface area contributed by atoms with E-state index in [1.54, 1.807) is 24.8 Å². The van der Waals surface area contributed by atoms with E-state index in [4.69, 9.17) is 10.5 Å². The lowest BCUT2D eigenvalue weighted by molar-refractivity contribution is -0.121. The Hall–Kier alpha value is -2.93. The van der Waals surface area contributed by atoms with Gasteiger partial charge in [0.25, 0.3) is 5.91 Å². The number of piperidine rings is 1. The number of benzene rings is 2. The third-order valence-corrected chi connectivity index (χ3v) is 6.96. The number of halogens is 1. The van der Waals surface area contributed by atoms with Crippen molar-refractivity contribution in [2.24, 2.45) is 11.7 Å². The van der Waals surface area contributed by atoms with Crippen LogP contribution in [-0.4, -0.2) is 66.1 Å². The number of hydrogen-bond acceptors (Lipinski definition) is 4. The Kier molecular flexibility index (Phi) is 7.75. The number of nitrogens with zero attached hydrogens (tertiary/aromatic N) is 2. The molecule has 0 aliphatic carbocycles. The number of nitrogens with two attached hydrogens (primary N) is 1. The highest BCUT2D eigenvalue weighted by Gasteiger charge is 2.34. The van der Waals surface area contributed by atoms with Crippen LogP contribution in [0.15, 0.2) is 48.5 Å². The summed E-state index contributed by atoms with van der Waals surface area (Å²) < 4.78 is 19.9. The lowest BCUT2D eigenvalue weighted by Crippen LogP contribution is -2.43. The van der Waals surface area contributed by atoms with Crippen molar-refractivity contribution in [3.05, 3.63) is 54.1 Å². The topological polar surface area (TPSA) is 75.9 Å². The summed E-state index contributed by atoms with van der Waals surface area (Å²) in [6.45, 7) is 6.72. The van der Waals surface area contributed by atoms with Crippen molar-refractivity contribution in [1.82, 2.24) is 9.80 Å². The molecular weight excluding hydrogens is 445 g/mol. The van der Waals surface area contributed by atoms with E-state index >= 15 is 0 Å². The molecule has 2 fully saturated rings. The highest BCUT2D eigenvalue weighted by molar-refractivity contribution is 6.03. The van der Waals surface area contributed by atoms with E-state index in [1.165, 1.54) is 0 Å². The standard InChI is InChI=1S/C28H36FN3O3/c1-28(2,29)19-31-16-13-20(14-17-31)18-35-22-11-9-21(10-12-22)23-6-3-4-7-24(23)27(34)32-15-5-8-25(32)26(30)33/h3-4,6-7,9-12,20,25H,5,8,13-19H2,1-2H3,(H2,30,33)/t25-/m1/s1. The molecule has 4 rings (SSSR count). The van der Waals surface area contributed by atoms with Gasteiger partial charge in [0, 0.05) is 18.7 Å². The second kappa shape index (κ2) is 10.8. The number of primary amides is 1. The van der Waals surface area contributed by atoms with Gasteiger partial charge < -0.3 is 20.3 Å². The van der Waals surface area contributed by atoms with Crippen LogP contribution in [-0.2, 0) is 4.79 Å². The molecule has 2 aromatic rings. The zero-order valence-corrected chi connectivity index (χ0v) is 20.7. The number of carbonyl (C=O) groups is 2. The van der Waals surface area contributed by atoms with E-state index in [-0.39, 0.29) is 5.91 Å². The number of ether oxygens (including phenoxy) is 1. The van der Waals surface area contributed by atoms with Gasteiger partial charge in [-0.3, -0.25) is 9.59 Å². The maximum absolute atomic E-state index is 13.9. The van der Waals surface area contributed by atoms with Gasteiger partial charge in [-0.2, -0.15) is 0 Å². The average molecular weight is 482 g/mol. The third kappa shape index (κ3) is 6.40. The van der Waals surface area contributed by atoms with E-state index in [2.05, 4.69) is 4.90 Å². The largest absolute Gasteiger partial charge is 0.493 e. The smallest absolute Gasteiger partial charge is 0.255 e. The van der Waals surface area contributed by atoms with E-state index < -0.39 is 17.6 Å². The van der Waals surface area contributed by atoms with E-state index in [0.29, 0.717) is 37.6 Å². The molecule has 2 aromatic carbocycles. The van der Waals surface area contributed by atoms with Crippen LogP contribution >= 0.6 is 0 Å². The first kappa shape index (κ1) is 25.2. The summed E-state index contributed by atoms with van der Waals surface area (Å²) in [5.41, 5.74) is 6.66. The Morgan fingerprint density at radius 2 is 1.71 bits per heavy atom. The summed E-state index contributed by atoms with van der Waals surface area (Å²) in [6.07, 6.45) is 3.40. The van der Waals surface area contributed by atoms with Gasteiger partial charge in [0.15, 0.2) is 0 Å². The fraction of sp³-hybridized carbons (Fsp3) is 0.500. The quantitative estimate of drug-likeness (QED) is 0.611. The molecule has 0 aromatic heterocycles. The zero-order chi connectivity index (χ0) is 25.0. The molecule has 0 radical (unpaired) electrons. The molecule has 6 nitrogen and oxygen atoms in total. The van der Waals surface area contributed by atoms with Gasteiger partial charge in [-0.1, -0.05) is 30.3 Å². The molecule has 0 spiro atoms. The number of rotatable bonds is 8. The van der Waals surface area contributed by atoms with Gasteiger partial charge in [-0.05, 0) is 87.9 Å². The summed E-state index contributed by atoms with van der Waals surface area (Å²) >= 11 is 0. The Labute approximate surface area is 207 Å². The van der Waals surface area contributed by atoms with Crippen LogP contribution in [0, 0.1) is 5.92 Å². The van der Waals surface area contributed by atoms with Crippen molar-refractivity contribution in [2.45, 2.75) is 51.2 Å². The molecule has 2 saturated heterocycles. The highest BCUT2D eigenvalue weighted by Crippen LogP contribution is 2.29. The lowest BCUT2D eigenvalue weighted by atomic mass is 9.96. The predicted octanol–water partition coefficient (Wildman–Crippen LogP) is 4.28. The second-order valence-corrected chi connectivity index (χ2v) is 10.4. The summed E-state index contributed by atoms with van der Waals surface area (Å²) in [5.74, 6) is 0.639. The van der Waals surface area contributed by atoms with E-state index in [1.807, 2.05) is 42.5 Å². The molecule has 2 aliphatic rings. The number of hydrogen-bond donors (Lipinski definition) is 1. The maximum atomic E-state index is 13.9. The molecule has 0 bridgehead atoms. The van der Waals surface area contributed by atoms with E-state index in [0.717, 1.165) is 49.2 Å². The first-order valence-electron chi connectivity index (χ1n) is 12.5. The van der Waals surface area contributed by atoms with Gasteiger partial charge in [-0.25, -0.2) is 4.39 Å². The highest BCUT2D eigenvalue weighted by atomic mass is 19.1. The molecule has 35 heavy (non-hydrogen) atoms. The molecule has 2 heterocycles. The minimum atomic E-state index is -1.16. The Morgan fingerprint density at radius 1 is 1.03 bits per heavy atom. The fourth-order valence-corrected chi connectivity index (χ4v) is 5.17. The van der Waals surface area contributed by atoms with Crippen LogP contribution < -0.4 is 10.5 Å². The van der Waals surface area contributed by atoms with Gasteiger partial charge >= 0.3 is 0 Å². The predicted molar refractivity (Wildman–Crippen MR) is 135 cm³/mol. The Balaban J connectivity index is 1.37. The molecule has 0 saturated carbocycles. The third-order valence-electron chi connectivity index (χ3n) is 6.96. The number of amides is 2. The molecule has 2 aliphatic heterocycles. The lowest BCUT2D eigenvalue weighted by Gasteiger charge is -2.34. The molecule has 0 unspecified atom stereocenters. The van der Waals surface area contributed by atoms with Crippen LogP contribution in [0.2, 0.25) is 0 Å². The van der Waals surface area contributed by atoms with Crippen LogP contribution in [0.5, 0.6) is 5.75 Å². The summed E-state index contributed by atoms with van der Waals surface area (Å²) in [7, 11) is 0. The van der Waals surface area contributed by atoms with Gasteiger partial charge in [0.05, 0.1) is 6.61 Å². The van der Waals surface area contributed by atoms with Crippen molar-refractivity contribution >= 4 is 11.8 Å². The van der Waals surface area contributed by atoms with Gasteiger partial charge in [-0.15, -0.1) is 0 Å². The molecule has 2 amide bonds. The second-order valence-electron chi connectivity index (χ2n) is 10.4. The number of alkyl halides is 1. The SMILES string of the molecule is CC(C)(F)CN1CCC(COc2ccc(-c3ccccc3C(=O)N3CCC[C@@H]3C(N)=O)cc2)CC1. The minimum Gasteiger partial charge on any atom is -0.493 e. The summed E-state index contributed by atoms with van der Waals surface area (Å²) in [4.78, 5) is 28.8. The van der Waals surface area contributed by atoms with Gasteiger partial charge in [0.2, 0.25) is 5.91 Å². The Bertz CT molecular complexity index is 1030. The van der Waals surface area contributed by atoms with Crippen molar-refractivity contribution in [2.75, 3.05) is 32.8 Å². The first-order valence-corrected chi connectivity index (χ1v) is 12.5. The average Bonchev–Trinajstić information content (AvgIpc) is 3.33. The minimum absolute atomic E-state index is 0.162. The normalized spacial score (nSPS) is 19.6. The van der Waals surface area contributed by atoms with Crippen LogP contribution in [0.1, 0.15) is 49.9 Å². The molecule has 188 valence electrons. The Morgan fingerprint density at radius 3 is 2.37 bits per heavy atom.